The van der Waals surface area contributed by atoms with E-state index < -0.39 is 41.0 Å². The first kappa shape index (κ1) is 20.9. The van der Waals surface area contributed by atoms with Crippen LogP contribution in [0, 0.1) is 0 Å². The van der Waals surface area contributed by atoms with Gasteiger partial charge in [0.05, 0.1) is 5.39 Å². The number of hydrogen-bond acceptors (Lipinski definition) is 7. The van der Waals surface area contributed by atoms with Gasteiger partial charge in [-0.15, -0.1) is 0 Å². The first-order valence-electron chi connectivity index (χ1n) is 9.17. The average molecular weight is 411 g/mol. The number of ether oxygens (including phenoxy) is 2. The van der Waals surface area contributed by atoms with Crippen molar-refractivity contribution < 1.29 is 28.6 Å². The SMILES string of the molecule is CC(C)(C)OC(=O)CNC(=O)c1c(O)c2ccc(Oc3ccccc3)cc2oc1=O. The van der Waals surface area contributed by atoms with Crippen molar-refractivity contribution in [3.8, 4) is 17.2 Å². The Balaban J connectivity index is 1.83. The van der Waals surface area contributed by atoms with Crippen molar-refractivity contribution in [2.24, 2.45) is 0 Å². The summed E-state index contributed by atoms with van der Waals surface area (Å²) < 4.78 is 15.9. The quantitative estimate of drug-likeness (QED) is 0.489. The van der Waals surface area contributed by atoms with Gasteiger partial charge < -0.3 is 24.3 Å². The molecule has 1 amide bonds. The van der Waals surface area contributed by atoms with Crippen LogP contribution < -0.4 is 15.7 Å². The third-order valence-electron chi connectivity index (χ3n) is 3.87. The van der Waals surface area contributed by atoms with E-state index in [2.05, 4.69) is 5.32 Å². The van der Waals surface area contributed by atoms with Crippen molar-refractivity contribution in [1.29, 1.82) is 0 Å². The topological polar surface area (TPSA) is 115 Å². The van der Waals surface area contributed by atoms with Gasteiger partial charge in [-0.2, -0.15) is 0 Å². The summed E-state index contributed by atoms with van der Waals surface area (Å²) in [5, 5.41) is 12.9. The van der Waals surface area contributed by atoms with Gasteiger partial charge in [-0.25, -0.2) is 4.79 Å². The van der Waals surface area contributed by atoms with Gasteiger partial charge >= 0.3 is 11.6 Å². The Morgan fingerprint density at radius 3 is 2.43 bits per heavy atom. The molecule has 0 fully saturated rings. The summed E-state index contributed by atoms with van der Waals surface area (Å²) >= 11 is 0. The summed E-state index contributed by atoms with van der Waals surface area (Å²) in [6.45, 7) is 4.60. The van der Waals surface area contributed by atoms with Crippen molar-refractivity contribution in [3.05, 3.63) is 64.5 Å². The minimum absolute atomic E-state index is 0.0506. The lowest BCUT2D eigenvalue weighted by Gasteiger charge is -2.19. The molecule has 0 bridgehead atoms. The smallest absolute Gasteiger partial charge is 0.353 e. The number of nitrogens with one attached hydrogen (secondary N) is 1. The maximum atomic E-state index is 12.3. The molecule has 0 saturated heterocycles. The second-order valence-corrected chi connectivity index (χ2v) is 7.46. The molecule has 8 nitrogen and oxygen atoms in total. The van der Waals surface area contributed by atoms with E-state index in [1.54, 1.807) is 39.0 Å². The molecule has 0 aliphatic carbocycles. The molecule has 8 heteroatoms. The third kappa shape index (κ3) is 4.96. The predicted octanol–water partition coefficient (Wildman–Crippen LogP) is 3.36. The zero-order valence-corrected chi connectivity index (χ0v) is 16.7. The highest BCUT2D eigenvalue weighted by molar-refractivity contribution is 6.02. The minimum atomic E-state index is -1.04. The number of aromatic hydroxyl groups is 1. The first-order valence-corrected chi connectivity index (χ1v) is 9.17. The normalized spacial score (nSPS) is 11.2. The predicted molar refractivity (Wildman–Crippen MR) is 109 cm³/mol. The fourth-order valence-electron chi connectivity index (χ4n) is 2.67. The van der Waals surface area contributed by atoms with Crippen LogP contribution in [-0.4, -0.2) is 29.1 Å². The second-order valence-electron chi connectivity index (χ2n) is 7.46. The standard InChI is InChI=1S/C22H21NO7/c1-22(2,3)30-17(24)12-23-20(26)18-19(25)15-10-9-14(11-16(15)29-21(18)27)28-13-7-5-4-6-8-13/h4-11,25H,12H2,1-3H3,(H,23,26). The zero-order valence-electron chi connectivity index (χ0n) is 16.7. The van der Waals surface area contributed by atoms with E-state index >= 15 is 0 Å². The summed E-state index contributed by atoms with van der Waals surface area (Å²) in [6, 6.07) is 13.5. The highest BCUT2D eigenvalue weighted by Gasteiger charge is 2.23. The molecule has 1 aromatic heterocycles. The number of hydrogen-bond donors (Lipinski definition) is 2. The molecule has 0 aliphatic rings. The lowest BCUT2D eigenvalue weighted by atomic mass is 10.1. The van der Waals surface area contributed by atoms with E-state index in [0.717, 1.165) is 0 Å². The fourth-order valence-corrected chi connectivity index (χ4v) is 2.67. The molecule has 3 aromatic rings. The molecule has 3 rings (SSSR count). The third-order valence-corrected chi connectivity index (χ3v) is 3.87. The number of benzene rings is 2. The summed E-state index contributed by atoms with van der Waals surface area (Å²) in [5.74, 6) is -1.20. The van der Waals surface area contributed by atoms with E-state index in [4.69, 9.17) is 13.9 Å². The van der Waals surface area contributed by atoms with Crippen molar-refractivity contribution in [3.63, 3.8) is 0 Å². The molecule has 2 aromatic carbocycles. The van der Waals surface area contributed by atoms with Gasteiger partial charge in [0.15, 0.2) is 5.56 Å². The van der Waals surface area contributed by atoms with Crippen LogP contribution in [0.2, 0.25) is 0 Å². The molecule has 1 heterocycles. The number of para-hydroxylation sites is 1. The van der Waals surface area contributed by atoms with Crippen molar-refractivity contribution in [2.75, 3.05) is 6.54 Å². The zero-order chi connectivity index (χ0) is 21.9. The maximum absolute atomic E-state index is 12.3. The van der Waals surface area contributed by atoms with E-state index in [1.165, 1.54) is 12.1 Å². The first-order chi connectivity index (χ1) is 14.1. The van der Waals surface area contributed by atoms with Crippen LogP contribution in [-0.2, 0) is 9.53 Å². The molecule has 0 unspecified atom stereocenters. The summed E-state index contributed by atoms with van der Waals surface area (Å²) in [4.78, 5) is 36.4. The molecular formula is C22H21NO7. The van der Waals surface area contributed by atoms with Gasteiger partial charge in [-0.3, -0.25) is 9.59 Å². The van der Waals surface area contributed by atoms with Crippen LogP contribution in [0.15, 0.2) is 57.7 Å². The Kier molecular flexibility index (Phi) is 5.77. The van der Waals surface area contributed by atoms with E-state index in [9.17, 15) is 19.5 Å². The van der Waals surface area contributed by atoms with Crippen LogP contribution in [0.3, 0.4) is 0 Å². The molecule has 0 aliphatic heterocycles. The highest BCUT2D eigenvalue weighted by Crippen LogP contribution is 2.31. The van der Waals surface area contributed by atoms with Gasteiger partial charge in [0, 0.05) is 6.07 Å². The lowest BCUT2D eigenvalue weighted by Crippen LogP contribution is -2.36. The Labute approximate surface area is 172 Å². The van der Waals surface area contributed by atoms with E-state index in [-0.39, 0.29) is 11.0 Å². The maximum Gasteiger partial charge on any atom is 0.353 e. The van der Waals surface area contributed by atoms with Crippen molar-refractivity contribution in [2.45, 2.75) is 26.4 Å². The highest BCUT2D eigenvalue weighted by atomic mass is 16.6. The Morgan fingerprint density at radius 2 is 1.77 bits per heavy atom. The Bertz CT molecular complexity index is 1140. The molecule has 0 spiro atoms. The number of amides is 1. The second kappa shape index (κ2) is 8.28. The summed E-state index contributed by atoms with van der Waals surface area (Å²) in [7, 11) is 0. The number of carbonyl (C=O) groups is 2. The van der Waals surface area contributed by atoms with Gasteiger partial charge in [0.2, 0.25) is 0 Å². The Morgan fingerprint density at radius 1 is 1.07 bits per heavy atom. The van der Waals surface area contributed by atoms with Gasteiger partial charge in [0.1, 0.15) is 35.0 Å². The molecule has 0 radical (unpaired) electrons. The average Bonchev–Trinajstić information content (AvgIpc) is 2.65. The monoisotopic (exact) mass is 411 g/mol. The van der Waals surface area contributed by atoms with Crippen LogP contribution in [0.4, 0.5) is 0 Å². The van der Waals surface area contributed by atoms with Crippen LogP contribution >= 0.6 is 0 Å². The molecule has 30 heavy (non-hydrogen) atoms. The number of carbonyl (C=O) groups excluding carboxylic acids is 2. The summed E-state index contributed by atoms with van der Waals surface area (Å²) in [6.07, 6.45) is 0. The van der Waals surface area contributed by atoms with Gasteiger partial charge in [-0.05, 0) is 45.0 Å². The summed E-state index contributed by atoms with van der Waals surface area (Å²) in [5.41, 5.74) is -2.30. The Hall–Kier alpha value is -3.81. The van der Waals surface area contributed by atoms with Crippen molar-refractivity contribution >= 4 is 22.8 Å². The van der Waals surface area contributed by atoms with E-state index in [0.29, 0.717) is 11.5 Å². The molecular weight excluding hydrogens is 390 g/mol. The van der Waals surface area contributed by atoms with Gasteiger partial charge in [0.25, 0.3) is 5.91 Å². The number of rotatable bonds is 5. The fraction of sp³-hybridized carbons (Fsp3) is 0.227. The number of fused-ring (bicyclic) bond motifs is 1. The molecule has 2 N–H and O–H groups in total. The van der Waals surface area contributed by atoms with Crippen LogP contribution in [0.1, 0.15) is 31.1 Å². The molecule has 0 atom stereocenters. The van der Waals surface area contributed by atoms with Crippen molar-refractivity contribution in [1.82, 2.24) is 5.32 Å². The molecule has 0 saturated carbocycles. The van der Waals surface area contributed by atoms with Gasteiger partial charge in [-0.1, -0.05) is 18.2 Å². The lowest BCUT2D eigenvalue weighted by molar-refractivity contribution is -0.153. The minimum Gasteiger partial charge on any atom is -0.506 e. The van der Waals surface area contributed by atoms with E-state index in [1.807, 2.05) is 18.2 Å². The molecule has 156 valence electrons. The van der Waals surface area contributed by atoms with Crippen LogP contribution in [0.25, 0.3) is 11.0 Å². The van der Waals surface area contributed by atoms with Crippen LogP contribution in [0.5, 0.6) is 17.2 Å². The largest absolute Gasteiger partial charge is 0.506 e. The number of esters is 1.